The zero-order chi connectivity index (χ0) is 7.68. The summed E-state index contributed by atoms with van der Waals surface area (Å²) >= 11 is -0.185. The second-order valence-corrected chi connectivity index (χ2v) is 5.26. The van der Waals surface area contributed by atoms with E-state index in [0.29, 0.717) is 0 Å². The molecule has 0 fully saturated rings. The molecule has 0 unspecified atom stereocenters. The molecule has 0 spiro atoms. The first-order valence-electron chi connectivity index (χ1n) is 3.38. The summed E-state index contributed by atoms with van der Waals surface area (Å²) in [7, 11) is 0. The summed E-state index contributed by atoms with van der Waals surface area (Å²) in [5, 5.41) is 0. The van der Waals surface area contributed by atoms with Crippen LogP contribution < -0.4 is 0 Å². The first-order chi connectivity index (χ1) is 5.40. The van der Waals surface area contributed by atoms with Crippen molar-refractivity contribution >= 4 is 35.4 Å². The normalized spacial score (nSPS) is 10.2. The molecule has 0 radical (unpaired) electrons. The van der Waals surface area contributed by atoms with E-state index in [1.165, 1.54) is 7.11 Å². The molecule has 0 aliphatic rings. The Morgan fingerprint density at radius 1 is 1.36 bits per heavy atom. The molecule has 11 heavy (non-hydrogen) atoms. The van der Waals surface area contributed by atoms with Crippen LogP contribution >= 0.6 is 0 Å². The molecule has 0 atom stereocenters. The first kappa shape index (κ1) is 7.09. The van der Waals surface area contributed by atoms with Crippen molar-refractivity contribution in [2.45, 2.75) is 0 Å². The van der Waals surface area contributed by atoms with Gasteiger partial charge in [-0.2, -0.15) is 0 Å². The fourth-order valence-electron chi connectivity index (χ4n) is 0.977. The fraction of sp³-hybridized carbons (Fsp3) is 0. The van der Waals surface area contributed by atoms with Crippen LogP contribution in [0.1, 0.15) is 3.71 Å². The molecule has 0 bridgehead atoms. The molecular formula is C9H7NTe. The van der Waals surface area contributed by atoms with Crippen LogP contribution in [-0.4, -0.2) is 25.4 Å². The number of fused-ring (bicyclic) bond motifs is 1. The van der Waals surface area contributed by atoms with E-state index in [4.69, 9.17) is 0 Å². The van der Waals surface area contributed by atoms with Crippen molar-refractivity contribution in [1.29, 1.82) is 0 Å². The van der Waals surface area contributed by atoms with E-state index in [1.54, 1.807) is 0 Å². The summed E-state index contributed by atoms with van der Waals surface area (Å²) in [6, 6.07) is 8.33. The first-order valence-corrected chi connectivity index (χ1v) is 5.71. The zero-order valence-corrected chi connectivity index (χ0v) is 8.28. The molecule has 2 aromatic rings. The van der Waals surface area contributed by atoms with Gasteiger partial charge < -0.3 is 0 Å². The molecule has 1 heterocycles. The van der Waals surface area contributed by atoms with Crippen LogP contribution in [0.5, 0.6) is 0 Å². The molecule has 2 rings (SSSR count). The van der Waals surface area contributed by atoms with Crippen molar-refractivity contribution in [2.24, 2.45) is 0 Å². The second kappa shape index (κ2) is 2.81. The van der Waals surface area contributed by atoms with E-state index >= 15 is 0 Å². The average molecular weight is 257 g/mol. The van der Waals surface area contributed by atoms with Crippen LogP contribution in [0.15, 0.2) is 30.8 Å². The van der Waals surface area contributed by atoms with Crippen LogP contribution in [0, 0.1) is 0 Å². The van der Waals surface area contributed by atoms with Crippen molar-refractivity contribution in [2.75, 3.05) is 0 Å². The summed E-state index contributed by atoms with van der Waals surface area (Å²) in [6.07, 6.45) is 1.88. The minimum atomic E-state index is -0.185. The van der Waals surface area contributed by atoms with Gasteiger partial charge in [-0.1, -0.05) is 0 Å². The molecule has 0 N–H and O–H groups in total. The third-order valence-corrected chi connectivity index (χ3v) is 4.43. The van der Waals surface area contributed by atoms with Crippen molar-refractivity contribution < 1.29 is 0 Å². The number of para-hydroxylation sites is 1. The third kappa shape index (κ3) is 1.24. The predicted octanol–water partition coefficient (Wildman–Crippen LogP) is 1.93. The monoisotopic (exact) mass is 259 g/mol. The van der Waals surface area contributed by atoms with Crippen LogP contribution in [0.25, 0.3) is 15.0 Å². The molecule has 54 valence electrons. The molecule has 0 saturated carbocycles. The van der Waals surface area contributed by atoms with E-state index in [0.717, 1.165) is 5.52 Å². The Balaban J connectivity index is 2.78. The second-order valence-electron chi connectivity index (χ2n) is 2.22. The van der Waals surface area contributed by atoms with Gasteiger partial charge in [0.2, 0.25) is 0 Å². The van der Waals surface area contributed by atoms with Gasteiger partial charge in [0.25, 0.3) is 0 Å². The van der Waals surface area contributed by atoms with Crippen LogP contribution in [0.4, 0.5) is 0 Å². The van der Waals surface area contributed by atoms with Crippen molar-refractivity contribution in [3.8, 4) is 0 Å². The molecule has 2 heteroatoms. The molecule has 1 nitrogen and oxygen atoms in total. The van der Waals surface area contributed by atoms with E-state index in [-0.39, 0.29) is 20.4 Å². The standard InChI is InChI=1S/C9H7NTe/c1-2-9-10-7-5-3-4-6-8(7)11-9/h2-6H,1H2. The molecular weight excluding hydrogens is 250 g/mol. The number of rotatable bonds is 1. The van der Waals surface area contributed by atoms with E-state index < -0.39 is 0 Å². The summed E-state index contributed by atoms with van der Waals surface area (Å²) in [5.41, 5.74) is 1.16. The summed E-state index contributed by atoms with van der Waals surface area (Å²) in [4.78, 5) is 4.43. The number of aromatic nitrogens is 1. The number of benzene rings is 1. The summed E-state index contributed by atoms with van der Waals surface area (Å²) in [5.74, 6) is 0. The number of hydrogen-bond donors (Lipinski definition) is 0. The van der Waals surface area contributed by atoms with Gasteiger partial charge in [0, 0.05) is 0 Å². The topological polar surface area (TPSA) is 12.9 Å². The van der Waals surface area contributed by atoms with Gasteiger partial charge >= 0.3 is 75.0 Å². The van der Waals surface area contributed by atoms with Gasteiger partial charge in [0.1, 0.15) is 0 Å². The Morgan fingerprint density at radius 2 is 2.18 bits per heavy atom. The molecule has 1 aromatic carbocycles. The van der Waals surface area contributed by atoms with Gasteiger partial charge in [-0.3, -0.25) is 0 Å². The minimum absolute atomic E-state index is 0.185. The summed E-state index contributed by atoms with van der Waals surface area (Å²) < 4.78 is 2.64. The van der Waals surface area contributed by atoms with Crippen molar-refractivity contribution in [1.82, 2.24) is 4.98 Å². The fourth-order valence-corrected chi connectivity index (χ4v) is 3.31. The van der Waals surface area contributed by atoms with Gasteiger partial charge in [-0.25, -0.2) is 0 Å². The predicted molar refractivity (Wildman–Crippen MR) is 48.8 cm³/mol. The Bertz CT molecular complexity index is 356. The Morgan fingerprint density at radius 3 is 2.91 bits per heavy atom. The van der Waals surface area contributed by atoms with Crippen molar-refractivity contribution in [3.63, 3.8) is 0 Å². The number of nitrogens with zero attached hydrogens (tertiary/aromatic N) is 1. The van der Waals surface area contributed by atoms with Crippen molar-refractivity contribution in [3.05, 3.63) is 34.6 Å². The Labute approximate surface area is 75.0 Å². The molecule has 1 aromatic heterocycles. The van der Waals surface area contributed by atoms with Gasteiger partial charge in [-0.05, 0) is 0 Å². The maximum absolute atomic E-state index is 4.43. The zero-order valence-electron chi connectivity index (χ0n) is 5.95. The Hall–Kier alpha value is -0.580. The number of hydrogen-bond acceptors (Lipinski definition) is 1. The average Bonchev–Trinajstić information content (AvgIpc) is 2.46. The molecule has 0 aliphatic carbocycles. The van der Waals surface area contributed by atoms with Gasteiger partial charge in [0.05, 0.1) is 0 Å². The van der Waals surface area contributed by atoms with Crippen LogP contribution in [0.3, 0.4) is 0 Å². The third-order valence-electron chi connectivity index (χ3n) is 1.49. The van der Waals surface area contributed by atoms with E-state index in [9.17, 15) is 0 Å². The van der Waals surface area contributed by atoms with Gasteiger partial charge in [0.15, 0.2) is 0 Å². The summed E-state index contributed by atoms with van der Waals surface area (Å²) in [6.45, 7) is 3.73. The maximum atomic E-state index is 4.43. The molecule has 0 saturated heterocycles. The Kier molecular flexibility index (Phi) is 1.81. The van der Waals surface area contributed by atoms with Crippen LogP contribution in [-0.2, 0) is 0 Å². The molecule has 0 amide bonds. The van der Waals surface area contributed by atoms with Gasteiger partial charge in [-0.15, -0.1) is 0 Å². The van der Waals surface area contributed by atoms with Crippen LogP contribution in [0.2, 0.25) is 0 Å². The SMILES string of the molecule is C=Cc1nc2ccccc2[te]1. The van der Waals surface area contributed by atoms with E-state index in [1.807, 2.05) is 12.1 Å². The van der Waals surface area contributed by atoms with E-state index in [2.05, 4.69) is 29.8 Å². The quantitative estimate of drug-likeness (QED) is 0.711. The molecule has 0 aliphatic heterocycles.